The minimum atomic E-state index is -1.08. The summed E-state index contributed by atoms with van der Waals surface area (Å²) in [7, 11) is 1.56. The van der Waals surface area contributed by atoms with Crippen LogP contribution in [0.2, 0.25) is 0 Å². The predicted octanol–water partition coefficient (Wildman–Crippen LogP) is 4.69. The molecule has 4 rings (SSSR count). The molecular formula is C26H22FN3O5S. The number of amides is 2. The topological polar surface area (TPSA) is 108 Å². The van der Waals surface area contributed by atoms with Gasteiger partial charge in [-0.2, -0.15) is 0 Å². The van der Waals surface area contributed by atoms with Crippen molar-refractivity contribution in [2.24, 2.45) is 4.99 Å². The summed E-state index contributed by atoms with van der Waals surface area (Å²) in [6, 6.07) is 18.8. The number of para-hydroxylation sites is 1. The van der Waals surface area contributed by atoms with Gasteiger partial charge in [0.15, 0.2) is 5.17 Å². The Morgan fingerprint density at radius 1 is 1.11 bits per heavy atom. The zero-order valence-corrected chi connectivity index (χ0v) is 20.0. The van der Waals surface area contributed by atoms with Crippen molar-refractivity contribution >= 4 is 46.1 Å². The molecule has 0 aliphatic carbocycles. The highest BCUT2D eigenvalue weighted by molar-refractivity contribution is 8.15. The quantitative estimate of drug-likeness (QED) is 0.480. The maximum Gasteiger partial charge on any atom is 0.335 e. The number of hydrogen-bond donors (Lipinski definition) is 2. The van der Waals surface area contributed by atoms with Crippen LogP contribution in [0, 0.1) is 5.82 Å². The monoisotopic (exact) mass is 507 g/mol. The second-order valence-corrected chi connectivity index (χ2v) is 9.03. The predicted molar refractivity (Wildman–Crippen MR) is 135 cm³/mol. The molecule has 2 N–H and O–H groups in total. The number of aliphatic imine (C=N–C) groups is 1. The maximum atomic E-state index is 14.4. The van der Waals surface area contributed by atoms with E-state index in [0.29, 0.717) is 11.4 Å². The molecule has 0 unspecified atom stereocenters. The van der Waals surface area contributed by atoms with Gasteiger partial charge >= 0.3 is 5.97 Å². The summed E-state index contributed by atoms with van der Waals surface area (Å²) < 4.78 is 19.5. The number of nitrogens with one attached hydrogen (secondary N) is 1. The number of amidine groups is 1. The van der Waals surface area contributed by atoms with E-state index in [4.69, 9.17) is 9.84 Å². The Hall–Kier alpha value is -4.18. The summed E-state index contributed by atoms with van der Waals surface area (Å²) in [5.41, 5.74) is 1.35. The number of carbonyl (C=O) groups is 3. The van der Waals surface area contributed by atoms with E-state index in [2.05, 4.69) is 10.3 Å². The maximum absolute atomic E-state index is 14.4. The molecule has 0 aromatic heterocycles. The summed E-state index contributed by atoms with van der Waals surface area (Å²) >= 11 is 1.07. The van der Waals surface area contributed by atoms with E-state index in [1.54, 1.807) is 31.4 Å². The molecule has 0 saturated carbocycles. The fourth-order valence-corrected chi connectivity index (χ4v) is 4.57. The molecule has 0 radical (unpaired) electrons. The van der Waals surface area contributed by atoms with Gasteiger partial charge in [0.2, 0.25) is 11.8 Å². The third-order valence-electron chi connectivity index (χ3n) is 5.40. The van der Waals surface area contributed by atoms with Gasteiger partial charge in [-0.3, -0.25) is 14.5 Å². The summed E-state index contributed by atoms with van der Waals surface area (Å²) in [4.78, 5) is 43.0. The van der Waals surface area contributed by atoms with Crippen molar-refractivity contribution in [1.82, 2.24) is 4.90 Å². The molecule has 1 heterocycles. The number of benzene rings is 3. The van der Waals surface area contributed by atoms with E-state index in [1.807, 2.05) is 12.1 Å². The minimum Gasteiger partial charge on any atom is -0.497 e. The van der Waals surface area contributed by atoms with Gasteiger partial charge < -0.3 is 15.2 Å². The van der Waals surface area contributed by atoms with Gasteiger partial charge in [-0.1, -0.05) is 36.0 Å². The van der Waals surface area contributed by atoms with Crippen LogP contribution in [0.1, 0.15) is 22.3 Å². The lowest BCUT2D eigenvalue weighted by Crippen LogP contribution is -2.44. The van der Waals surface area contributed by atoms with Crippen molar-refractivity contribution < 1.29 is 28.6 Å². The number of carbonyl (C=O) groups excluding carboxylic acids is 2. The van der Waals surface area contributed by atoms with Crippen LogP contribution in [0.5, 0.6) is 5.75 Å². The van der Waals surface area contributed by atoms with Crippen molar-refractivity contribution in [2.75, 3.05) is 12.4 Å². The van der Waals surface area contributed by atoms with E-state index < -0.39 is 22.9 Å². The second-order valence-electron chi connectivity index (χ2n) is 7.86. The van der Waals surface area contributed by atoms with Gasteiger partial charge in [0.1, 0.15) is 22.5 Å². The van der Waals surface area contributed by atoms with Crippen LogP contribution in [-0.2, 0) is 16.1 Å². The Labute approximate surface area is 210 Å². The Kier molecular flexibility index (Phi) is 7.65. The van der Waals surface area contributed by atoms with Crippen LogP contribution in [0.25, 0.3) is 0 Å². The highest BCUT2D eigenvalue weighted by atomic mass is 32.2. The smallest absolute Gasteiger partial charge is 0.335 e. The number of anilines is 1. The highest BCUT2D eigenvalue weighted by Gasteiger charge is 2.36. The van der Waals surface area contributed by atoms with Crippen LogP contribution in [0.4, 0.5) is 15.8 Å². The third-order valence-corrected chi connectivity index (χ3v) is 6.59. The molecule has 1 atom stereocenters. The zero-order chi connectivity index (χ0) is 25.7. The molecule has 3 aromatic carbocycles. The Bertz CT molecular complexity index is 1310. The van der Waals surface area contributed by atoms with Gasteiger partial charge in [0.05, 0.1) is 19.2 Å². The lowest BCUT2D eigenvalue weighted by atomic mass is 10.1. The number of carboxylic acids is 1. The van der Waals surface area contributed by atoms with Gasteiger partial charge in [0, 0.05) is 12.1 Å². The van der Waals surface area contributed by atoms with Crippen LogP contribution in [0.3, 0.4) is 0 Å². The first-order valence-corrected chi connectivity index (χ1v) is 11.8. The first kappa shape index (κ1) is 24.9. The molecule has 1 aliphatic heterocycles. The first-order valence-electron chi connectivity index (χ1n) is 10.9. The number of carboxylic acid groups (broad SMARTS) is 1. The summed E-state index contributed by atoms with van der Waals surface area (Å²) in [5.74, 6) is -1.73. The van der Waals surface area contributed by atoms with Gasteiger partial charge in [-0.25, -0.2) is 14.2 Å². The Morgan fingerprint density at radius 2 is 1.81 bits per heavy atom. The van der Waals surface area contributed by atoms with E-state index in [-0.39, 0.29) is 35.3 Å². The number of thioether (sulfide) groups is 1. The van der Waals surface area contributed by atoms with Crippen molar-refractivity contribution in [2.45, 2.75) is 18.2 Å². The van der Waals surface area contributed by atoms with Crippen molar-refractivity contribution in [1.29, 1.82) is 0 Å². The van der Waals surface area contributed by atoms with Crippen molar-refractivity contribution in [3.8, 4) is 5.75 Å². The molecule has 10 heteroatoms. The molecule has 2 amide bonds. The lowest BCUT2D eigenvalue weighted by molar-refractivity contribution is -0.129. The Morgan fingerprint density at radius 3 is 2.44 bits per heavy atom. The average Bonchev–Trinajstić information content (AvgIpc) is 2.88. The summed E-state index contributed by atoms with van der Waals surface area (Å²) in [6.07, 6.45) is -0.0871. The fraction of sp³-hybridized carbons (Fsp3) is 0.154. The molecule has 1 aliphatic rings. The molecule has 0 spiro atoms. The van der Waals surface area contributed by atoms with E-state index in [9.17, 15) is 18.8 Å². The minimum absolute atomic E-state index is 0.0536. The van der Waals surface area contributed by atoms with Gasteiger partial charge in [-0.05, 0) is 54.1 Å². The Balaban J connectivity index is 1.58. The largest absolute Gasteiger partial charge is 0.497 e. The summed E-state index contributed by atoms with van der Waals surface area (Å²) in [6.45, 7) is 0.189. The third kappa shape index (κ3) is 5.89. The van der Waals surface area contributed by atoms with Crippen LogP contribution >= 0.6 is 11.8 Å². The number of hydrogen-bond acceptors (Lipinski definition) is 6. The molecular weight excluding hydrogens is 485 g/mol. The highest BCUT2D eigenvalue weighted by Crippen LogP contribution is 2.32. The van der Waals surface area contributed by atoms with Gasteiger partial charge in [0.25, 0.3) is 0 Å². The lowest BCUT2D eigenvalue weighted by Gasteiger charge is -2.32. The van der Waals surface area contributed by atoms with Crippen LogP contribution in [0.15, 0.2) is 77.8 Å². The number of rotatable bonds is 7. The molecule has 184 valence electrons. The second kappa shape index (κ2) is 11.0. The first-order chi connectivity index (χ1) is 17.3. The summed E-state index contributed by atoms with van der Waals surface area (Å²) in [5, 5.41) is 11.1. The van der Waals surface area contributed by atoms with E-state index in [1.165, 1.54) is 41.3 Å². The average molecular weight is 508 g/mol. The van der Waals surface area contributed by atoms with Crippen molar-refractivity contribution in [3.63, 3.8) is 0 Å². The molecule has 3 aromatic rings. The molecule has 1 fully saturated rings. The van der Waals surface area contributed by atoms with Crippen LogP contribution < -0.4 is 10.1 Å². The number of nitrogens with zero attached hydrogens (tertiary/aromatic N) is 2. The molecule has 0 bridgehead atoms. The molecule has 8 nitrogen and oxygen atoms in total. The number of aromatic carboxylic acids is 1. The number of methoxy groups -OCH3 is 1. The number of halogens is 1. The normalized spacial score (nSPS) is 16.6. The zero-order valence-electron chi connectivity index (χ0n) is 19.2. The fourth-order valence-electron chi connectivity index (χ4n) is 3.47. The standard InChI is InChI=1S/C26H22FN3O5S/c1-35-19-12-6-16(7-13-19)15-30-23(31)14-22(36-26(30)29-21-5-3-2-4-20(21)27)24(32)28-18-10-8-17(9-11-18)25(33)34/h2-13,22H,14-15H2,1H3,(H,28,32)(H,33,34)/t22-/m1/s1. The number of ether oxygens (including phenoxy) is 1. The van der Waals surface area contributed by atoms with Crippen LogP contribution in [-0.4, -0.2) is 45.3 Å². The van der Waals surface area contributed by atoms with Gasteiger partial charge in [-0.15, -0.1) is 0 Å². The molecule has 1 saturated heterocycles. The van der Waals surface area contributed by atoms with Crippen molar-refractivity contribution in [3.05, 3.63) is 89.7 Å². The van der Waals surface area contributed by atoms with E-state index >= 15 is 0 Å². The SMILES string of the molecule is COc1ccc(CN2C(=O)C[C@H](C(=O)Nc3ccc(C(=O)O)cc3)SC2=Nc2ccccc2F)cc1. The van der Waals surface area contributed by atoms with E-state index in [0.717, 1.165) is 17.3 Å². The molecule has 36 heavy (non-hydrogen) atoms.